The van der Waals surface area contributed by atoms with Gasteiger partial charge in [-0.1, -0.05) is 27.7 Å². The van der Waals surface area contributed by atoms with Crippen molar-refractivity contribution in [2.75, 3.05) is 5.84 Å². The summed E-state index contributed by atoms with van der Waals surface area (Å²) in [4.78, 5) is 19.5. The third-order valence-corrected chi connectivity index (χ3v) is 5.21. The summed E-state index contributed by atoms with van der Waals surface area (Å²) in [6, 6.07) is 0. The zero-order chi connectivity index (χ0) is 14.7. The number of nitrogens with two attached hydrogens (primary N) is 1. The van der Waals surface area contributed by atoms with Crippen LogP contribution >= 0.6 is 11.3 Å². The molecule has 0 spiro atoms. The van der Waals surface area contributed by atoms with Crippen molar-refractivity contribution in [2.24, 2.45) is 5.92 Å². The van der Waals surface area contributed by atoms with Crippen molar-refractivity contribution < 1.29 is 0 Å². The molecule has 0 bridgehead atoms. The second kappa shape index (κ2) is 4.32. The van der Waals surface area contributed by atoms with Crippen LogP contribution in [0.2, 0.25) is 0 Å². The van der Waals surface area contributed by atoms with Crippen LogP contribution in [0.4, 0.5) is 0 Å². The van der Waals surface area contributed by atoms with Crippen molar-refractivity contribution >= 4 is 21.6 Å². The topological polar surface area (TPSA) is 60.9 Å². The van der Waals surface area contributed by atoms with Crippen LogP contribution in [0.25, 0.3) is 10.2 Å². The molecule has 5 heteroatoms. The molecule has 0 fully saturated rings. The van der Waals surface area contributed by atoms with E-state index in [0.717, 1.165) is 23.1 Å². The summed E-state index contributed by atoms with van der Waals surface area (Å²) in [6.45, 7) is 8.32. The van der Waals surface area contributed by atoms with Gasteiger partial charge in [-0.3, -0.25) is 4.79 Å². The molecule has 2 heterocycles. The molecule has 108 valence electrons. The molecule has 1 atom stereocenters. The maximum absolute atomic E-state index is 12.6. The quantitative estimate of drug-likeness (QED) is 0.759. The molecule has 3 rings (SSSR count). The third kappa shape index (κ3) is 1.95. The first kappa shape index (κ1) is 13.6. The van der Waals surface area contributed by atoms with Gasteiger partial charge in [0, 0.05) is 10.3 Å². The van der Waals surface area contributed by atoms with E-state index in [1.54, 1.807) is 11.3 Å². The van der Waals surface area contributed by atoms with Crippen LogP contribution in [0.3, 0.4) is 0 Å². The standard InChI is InChI=1S/C15H21N3OS/c1-8-5-6-10-9(7-8)11-12(20-10)17-14(15(2,3)4)18(16)13(11)19/h8H,5-7,16H2,1-4H3. The Kier molecular flexibility index (Phi) is 2.94. The van der Waals surface area contributed by atoms with Crippen LogP contribution < -0.4 is 11.4 Å². The van der Waals surface area contributed by atoms with Gasteiger partial charge in [0.05, 0.1) is 5.39 Å². The Morgan fingerprint density at radius 3 is 2.75 bits per heavy atom. The normalized spacial score (nSPS) is 19.3. The molecule has 0 saturated carbocycles. The van der Waals surface area contributed by atoms with Gasteiger partial charge in [-0.15, -0.1) is 11.3 Å². The van der Waals surface area contributed by atoms with Crippen molar-refractivity contribution in [1.82, 2.24) is 9.66 Å². The lowest BCUT2D eigenvalue weighted by Crippen LogP contribution is -2.36. The van der Waals surface area contributed by atoms with E-state index in [-0.39, 0.29) is 11.0 Å². The average Bonchev–Trinajstić information content (AvgIpc) is 2.70. The monoisotopic (exact) mass is 291 g/mol. The van der Waals surface area contributed by atoms with Gasteiger partial charge in [-0.25, -0.2) is 9.66 Å². The van der Waals surface area contributed by atoms with Crippen molar-refractivity contribution in [3.05, 3.63) is 26.6 Å². The van der Waals surface area contributed by atoms with Gasteiger partial charge in [0.2, 0.25) is 0 Å². The molecule has 0 radical (unpaired) electrons. The lowest BCUT2D eigenvalue weighted by Gasteiger charge is -2.20. The third-order valence-electron chi connectivity index (χ3n) is 4.03. The highest BCUT2D eigenvalue weighted by atomic mass is 32.1. The molecule has 0 aliphatic heterocycles. The minimum absolute atomic E-state index is 0.0912. The Labute approximate surface area is 122 Å². The van der Waals surface area contributed by atoms with Crippen LogP contribution in [0, 0.1) is 5.92 Å². The Hall–Kier alpha value is -1.36. The Bertz CT molecular complexity index is 736. The van der Waals surface area contributed by atoms with E-state index in [9.17, 15) is 4.79 Å². The SMILES string of the molecule is CC1CCc2sc3nc(C(C)(C)C)n(N)c(=O)c3c2C1. The molecule has 0 saturated heterocycles. The first-order valence-electron chi connectivity index (χ1n) is 7.12. The fraction of sp³-hybridized carbons (Fsp3) is 0.600. The molecular weight excluding hydrogens is 270 g/mol. The number of hydrogen-bond acceptors (Lipinski definition) is 4. The molecule has 1 aliphatic rings. The van der Waals surface area contributed by atoms with Crippen LogP contribution in [-0.4, -0.2) is 9.66 Å². The Morgan fingerprint density at radius 1 is 1.40 bits per heavy atom. The van der Waals surface area contributed by atoms with Crippen molar-refractivity contribution in [2.45, 2.75) is 52.4 Å². The lowest BCUT2D eigenvalue weighted by atomic mass is 9.88. The second-order valence-electron chi connectivity index (χ2n) is 6.89. The first-order valence-corrected chi connectivity index (χ1v) is 7.93. The summed E-state index contributed by atoms with van der Waals surface area (Å²) in [5, 5.41) is 0.757. The van der Waals surface area contributed by atoms with Crippen LogP contribution in [0.5, 0.6) is 0 Å². The van der Waals surface area contributed by atoms with Crippen molar-refractivity contribution in [3.63, 3.8) is 0 Å². The van der Waals surface area contributed by atoms with E-state index in [1.807, 2.05) is 20.8 Å². The van der Waals surface area contributed by atoms with Crippen LogP contribution in [0.15, 0.2) is 4.79 Å². The van der Waals surface area contributed by atoms with Gasteiger partial charge in [-0.05, 0) is 30.7 Å². The average molecular weight is 291 g/mol. The van der Waals surface area contributed by atoms with Crippen LogP contribution in [-0.2, 0) is 18.3 Å². The predicted molar refractivity (Wildman–Crippen MR) is 83.9 cm³/mol. The van der Waals surface area contributed by atoms with E-state index < -0.39 is 0 Å². The molecule has 1 unspecified atom stereocenters. The number of fused-ring (bicyclic) bond motifs is 3. The number of aromatic nitrogens is 2. The maximum atomic E-state index is 12.6. The van der Waals surface area contributed by atoms with Gasteiger partial charge >= 0.3 is 0 Å². The van der Waals surface area contributed by atoms with E-state index in [0.29, 0.717) is 11.7 Å². The maximum Gasteiger partial charge on any atom is 0.280 e. The molecule has 1 aliphatic carbocycles. The molecule has 0 amide bonds. The van der Waals surface area contributed by atoms with Gasteiger partial charge < -0.3 is 5.84 Å². The van der Waals surface area contributed by atoms with Crippen molar-refractivity contribution in [3.8, 4) is 0 Å². The summed E-state index contributed by atoms with van der Waals surface area (Å²) in [5.74, 6) is 7.30. The minimum atomic E-state index is -0.236. The summed E-state index contributed by atoms with van der Waals surface area (Å²) < 4.78 is 1.24. The fourth-order valence-corrected chi connectivity index (χ4v) is 4.15. The number of thiophene rings is 1. The highest BCUT2D eigenvalue weighted by molar-refractivity contribution is 7.18. The zero-order valence-electron chi connectivity index (χ0n) is 12.5. The second-order valence-corrected chi connectivity index (χ2v) is 7.98. The molecule has 2 aromatic rings. The summed E-state index contributed by atoms with van der Waals surface area (Å²) in [6.07, 6.45) is 3.23. The first-order chi connectivity index (χ1) is 9.29. The summed E-state index contributed by atoms with van der Waals surface area (Å²) in [7, 11) is 0. The smallest absolute Gasteiger partial charge is 0.280 e. The molecule has 2 N–H and O–H groups in total. The fourth-order valence-electron chi connectivity index (χ4n) is 2.94. The van der Waals surface area contributed by atoms with Crippen molar-refractivity contribution in [1.29, 1.82) is 0 Å². The molecular formula is C15H21N3OS. The Balaban J connectivity index is 2.34. The molecule has 0 aromatic carbocycles. The number of hydrogen-bond donors (Lipinski definition) is 1. The highest BCUT2D eigenvalue weighted by Crippen LogP contribution is 2.36. The zero-order valence-corrected chi connectivity index (χ0v) is 13.3. The van der Waals surface area contributed by atoms with Gasteiger partial charge in [0.25, 0.3) is 5.56 Å². The van der Waals surface area contributed by atoms with Gasteiger partial charge in [-0.2, -0.15) is 0 Å². The number of aryl methyl sites for hydroxylation is 1. The van der Waals surface area contributed by atoms with E-state index in [2.05, 4.69) is 6.92 Å². The van der Waals surface area contributed by atoms with Gasteiger partial charge in [0.1, 0.15) is 10.7 Å². The summed E-state index contributed by atoms with van der Waals surface area (Å²) in [5.41, 5.74) is 0.868. The number of nitrogen functional groups attached to an aromatic ring is 1. The van der Waals surface area contributed by atoms with E-state index in [4.69, 9.17) is 10.8 Å². The Morgan fingerprint density at radius 2 is 2.10 bits per heavy atom. The van der Waals surface area contributed by atoms with E-state index in [1.165, 1.54) is 21.5 Å². The lowest BCUT2D eigenvalue weighted by molar-refractivity contribution is 0.507. The van der Waals surface area contributed by atoms with E-state index >= 15 is 0 Å². The minimum Gasteiger partial charge on any atom is -0.335 e. The summed E-state index contributed by atoms with van der Waals surface area (Å²) >= 11 is 1.67. The number of rotatable bonds is 0. The van der Waals surface area contributed by atoms with Gasteiger partial charge in [0.15, 0.2) is 0 Å². The largest absolute Gasteiger partial charge is 0.335 e. The predicted octanol–water partition coefficient (Wildman–Crippen LogP) is 2.59. The highest BCUT2D eigenvalue weighted by Gasteiger charge is 2.27. The van der Waals surface area contributed by atoms with Crippen LogP contribution in [0.1, 0.15) is 50.4 Å². The molecule has 20 heavy (non-hydrogen) atoms. The number of nitrogens with zero attached hydrogens (tertiary/aromatic N) is 2. The molecule has 2 aromatic heterocycles. The molecule has 4 nitrogen and oxygen atoms in total.